The summed E-state index contributed by atoms with van der Waals surface area (Å²) in [6, 6.07) is 35.7. The lowest BCUT2D eigenvalue weighted by atomic mass is 10.0. The number of aromatic nitrogens is 2. The minimum Gasteiger partial charge on any atom is -0.403 e. The summed E-state index contributed by atoms with van der Waals surface area (Å²) in [6.45, 7) is 13.4. The van der Waals surface area contributed by atoms with Crippen LogP contribution < -0.4 is 21.6 Å². The van der Waals surface area contributed by atoms with Crippen molar-refractivity contribution >= 4 is 18.7 Å². The van der Waals surface area contributed by atoms with Crippen molar-refractivity contribution in [3.05, 3.63) is 163 Å². The zero-order valence-corrected chi connectivity index (χ0v) is 30.4. The molecule has 0 amide bonds. The maximum absolute atomic E-state index is 12.9. The average Bonchev–Trinajstić information content (AvgIpc) is 3.06. The number of hydrogen-bond donors (Lipinski definition) is 1. The van der Waals surface area contributed by atoms with Crippen molar-refractivity contribution in [2.45, 2.75) is 72.8 Å². The monoisotopic (exact) mass is 670 g/mol. The lowest BCUT2D eigenvalue weighted by Gasteiger charge is -2.43. The van der Waals surface area contributed by atoms with Crippen LogP contribution in [0.15, 0.2) is 113 Å². The Morgan fingerprint density at radius 3 is 2.02 bits per heavy atom. The van der Waals surface area contributed by atoms with Crippen molar-refractivity contribution in [1.82, 2.24) is 9.55 Å². The molecule has 6 nitrogen and oxygen atoms in total. The number of nitrogens with one attached hydrogen (secondary N) is 1. The van der Waals surface area contributed by atoms with Gasteiger partial charge in [-0.2, -0.15) is 0 Å². The lowest BCUT2D eigenvalue weighted by Crippen LogP contribution is -2.66. The molecule has 252 valence electrons. The molecule has 1 heterocycles. The summed E-state index contributed by atoms with van der Waals surface area (Å²) in [7, 11) is -2.67. The van der Waals surface area contributed by atoms with E-state index in [9.17, 15) is 9.59 Å². The van der Waals surface area contributed by atoms with Crippen molar-refractivity contribution in [3.8, 4) is 11.8 Å². The topological polar surface area (TPSA) is 73.3 Å². The highest BCUT2D eigenvalue weighted by Crippen LogP contribution is 2.37. The molecule has 0 spiro atoms. The molecule has 0 saturated carbocycles. The van der Waals surface area contributed by atoms with Gasteiger partial charge in [-0.3, -0.25) is 14.3 Å². The van der Waals surface area contributed by atoms with Crippen molar-refractivity contribution in [1.29, 1.82) is 0 Å². The number of ether oxygens (including phenoxy) is 1. The average molecular weight is 671 g/mol. The first-order valence-electron chi connectivity index (χ1n) is 16.8. The van der Waals surface area contributed by atoms with Crippen LogP contribution in [-0.2, 0) is 35.3 Å². The predicted molar refractivity (Wildman–Crippen MR) is 201 cm³/mol. The van der Waals surface area contributed by atoms with Gasteiger partial charge >= 0.3 is 5.69 Å². The van der Waals surface area contributed by atoms with Gasteiger partial charge in [-0.15, -0.1) is 0 Å². The van der Waals surface area contributed by atoms with Crippen LogP contribution >= 0.6 is 0 Å². The highest BCUT2D eigenvalue weighted by Gasteiger charge is 2.50. The zero-order chi connectivity index (χ0) is 35.0. The molecule has 0 bridgehead atoms. The summed E-state index contributed by atoms with van der Waals surface area (Å²) >= 11 is 0. The van der Waals surface area contributed by atoms with Crippen molar-refractivity contribution in [2.75, 3.05) is 6.61 Å². The number of H-pyrrole nitrogens is 1. The smallest absolute Gasteiger partial charge is 0.330 e. The van der Waals surface area contributed by atoms with E-state index >= 15 is 0 Å². The molecular weight excluding hydrogens is 625 g/mol. The SMILES string of the molecule is CCc1c(Cc2cc(C)cc(C)c2)n(COCC#Cc2cccc(CO[Si](c3ccccc3)(c3ccccc3)C(C)(C)C)c2)c(=O)[nH]c1=O. The second-order valence-electron chi connectivity index (χ2n) is 13.6. The minimum atomic E-state index is -2.67. The Hall–Kier alpha value is -4.74. The Kier molecular flexibility index (Phi) is 11.4. The fourth-order valence-corrected chi connectivity index (χ4v) is 11.3. The Bertz CT molecular complexity index is 2010. The second kappa shape index (κ2) is 15.6. The molecular formula is C42H46N2O4Si. The summed E-state index contributed by atoms with van der Waals surface area (Å²) < 4.78 is 14.5. The van der Waals surface area contributed by atoms with Crippen LogP contribution in [0.2, 0.25) is 5.04 Å². The van der Waals surface area contributed by atoms with E-state index in [1.165, 1.54) is 14.9 Å². The number of benzene rings is 4. The first-order chi connectivity index (χ1) is 23.5. The van der Waals surface area contributed by atoms with E-state index in [-0.39, 0.29) is 23.9 Å². The number of hydrogen-bond acceptors (Lipinski definition) is 4. The number of rotatable bonds is 11. The van der Waals surface area contributed by atoms with Gasteiger partial charge in [0, 0.05) is 23.2 Å². The fraction of sp³-hybridized carbons (Fsp3) is 0.286. The fourth-order valence-electron chi connectivity index (χ4n) is 6.74. The second-order valence-corrected chi connectivity index (χ2v) is 17.9. The summed E-state index contributed by atoms with van der Waals surface area (Å²) in [5, 5.41) is 2.37. The maximum Gasteiger partial charge on any atom is 0.330 e. The molecule has 0 aliphatic carbocycles. The predicted octanol–water partition coefficient (Wildman–Crippen LogP) is 6.41. The van der Waals surface area contributed by atoms with Crippen molar-refractivity contribution < 1.29 is 9.16 Å². The Balaban J connectivity index is 1.32. The van der Waals surface area contributed by atoms with Gasteiger partial charge in [0.25, 0.3) is 13.9 Å². The Labute approximate surface area is 290 Å². The van der Waals surface area contributed by atoms with E-state index in [1.54, 1.807) is 0 Å². The summed E-state index contributed by atoms with van der Waals surface area (Å²) in [5.74, 6) is 6.31. The molecule has 4 aromatic carbocycles. The molecule has 7 heteroatoms. The van der Waals surface area contributed by atoms with E-state index in [0.29, 0.717) is 30.7 Å². The summed E-state index contributed by atoms with van der Waals surface area (Å²) in [5.41, 5.74) is 5.65. The summed E-state index contributed by atoms with van der Waals surface area (Å²) in [6.07, 6.45) is 0.967. The maximum atomic E-state index is 12.9. The van der Waals surface area contributed by atoms with Crippen molar-refractivity contribution in [2.24, 2.45) is 0 Å². The molecule has 0 atom stereocenters. The van der Waals surface area contributed by atoms with Crippen LogP contribution in [0.3, 0.4) is 0 Å². The molecule has 49 heavy (non-hydrogen) atoms. The van der Waals surface area contributed by atoms with Gasteiger partial charge in [-0.05, 0) is 58.9 Å². The van der Waals surface area contributed by atoms with Gasteiger partial charge < -0.3 is 9.16 Å². The molecule has 0 fully saturated rings. The highest BCUT2D eigenvalue weighted by molar-refractivity contribution is 6.99. The van der Waals surface area contributed by atoms with Crippen LogP contribution in [0.4, 0.5) is 0 Å². The molecule has 0 unspecified atom stereocenters. The van der Waals surface area contributed by atoms with Crippen LogP contribution in [0, 0.1) is 25.7 Å². The molecule has 0 aliphatic rings. The van der Waals surface area contributed by atoms with Gasteiger partial charge in [0.15, 0.2) is 0 Å². The lowest BCUT2D eigenvalue weighted by molar-refractivity contribution is 0.0980. The third kappa shape index (κ3) is 8.29. The standard InChI is InChI=1S/C42H46N2O4Si/c1-7-38-39(28-35-25-31(2)24-32(3)26-35)44(41(46)43-40(38)45)30-47-23-15-18-33-16-14-17-34(27-33)29-48-49(42(4,5)6,36-19-10-8-11-20-36)37-21-12-9-13-22-37/h8-14,16-17,19-22,24-27H,7,23,28-30H2,1-6H3,(H,43,45,46). The van der Waals surface area contributed by atoms with Gasteiger partial charge in [-0.1, -0.05) is 142 Å². The first kappa shape index (κ1) is 35.6. The number of nitrogens with zero attached hydrogens (tertiary/aromatic N) is 1. The van der Waals surface area contributed by atoms with Crippen LogP contribution in [-0.4, -0.2) is 24.5 Å². The molecule has 5 rings (SSSR count). The number of aryl methyl sites for hydroxylation is 2. The van der Waals surface area contributed by atoms with E-state index in [2.05, 4.69) is 129 Å². The third-order valence-corrected chi connectivity index (χ3v) is 13.8. The number of aromatic amines is 1. The van der Waals surface area contributed by atoms with E-state index in [0.717, 1.165) is 27.8 Å². The molecule has 5 aromatic rings. The molecule has 1 N–H and O–H groups in total. The normalized spacial score (nSPS) is 11.6. The van der Waals surface area contributed by atoms with E-state index in [1.807, 2.05) is 32.9 Å². The molecule has 0 aliphatic heterocycles. The molecule has 0 saturated heterocycles. The zero-order valence-electron chi connectivity index (χ0n) is 29.4. The molecule has 0 radical (unpaired) electrons. The van der Waals surface area contributed by atoms with Gasteiger partial charge in [-0.25, -0.2) is 4.79 Å². The van der Waals surface area contributed by atoms with Crippen molar-refractivity contribution in [3.63, 3.8) is 0 Å². The highest BCUT2D eigenvalue weighted by atomic mass is 28.4. The Morgan fingerprint density at radius 1 is 0.796 bits per heavy atom. The third-order valence-electron chi connectivity index (χ3n) is 8.85. The van der Waals surface area contributed by atoms with Crippen LogP contribution in [0.5, 0.6) is 0 Å². The van der Waals surface area contributed by atoms with Gasteiger partial charge in [0.2, 0.25) is 0 Å². The van der Waals surface area contributed by atoms with E-state index < -0.39 is 14.0 Å². The van der Waals surface area contributed by atoms with Crippen LogP contribution in [0.25, 0.3) is 0 Å². The molecule has 1 aromatic heterocycles. The Morgan fingerprint density at radius 2 is 1.43 bits per heavy atom. The quantitative estimate of drug-likeness (QED) is 0.100. The minimum absolute atomic E-state index is 0.0101. The van der Waals surface area contributed by atoms with E-state index in [4.69, 9.17) is 9.16 Å². The van der Waals surface area contributed by atoms with Crippen LogP contribution in [0.1, 0.15) is 66.8 Å². The van der Waals surface area contributed by atoms with Gasteiger partial charge in [0.1, 0.15) is 13.3 Å². The largest absolute Gasteiger partial charge is 0.403 e. The van der Waals surface area contributed by atoms with Gasteiger partial charge in [0.05, 0.1) is 6.61 Å². The first-order valence-corrected chi connectivity index (χ1v) is 18.7. The summed E-state index contributed by atoms with van der Waals surface area (Å²) in [4.78, 5) is 28.1.